The van der Waals surface area contributed by atoms with E-state index < -0.39 is 5.97 Å². The van der Waals surface area contributed by atoms with Gasteiger partial charge in [0.15, 0.2) is 0 Å². The van der Waals surface area contributed by atoms with Crippen LogP contribution in [-0.4, -0.2) is 30.6 Å². The van der Waals surface area contributed by atoms with Crippen LogP contribution in [0.2, 0.25) is 0 Å². The van der Waals surface area contributed by atoms with E-state index in [1.165, 1.54) is 0 Å². The standard InChI is InChI=1S/C16H23NO4/c1-11-6-7-14(21-3)13(9-11)10-15(18)17-8-4-5-12(2)16(19)20/h6-7,9,12H,4-5,8,10H2,1-3H3,(H,17,18)(H,19,20). The summed E-state index contributed by atoms with van der Waals surface area (Å²) >= 11 is 0. The number of rotatable bonds is 8. The SMILES string of the molecule is COc1ccc(C)cc1CC(=O)NCCCC(C)C(=O)O. The number of carboxylic acid groups (broad SMARTS) is 1. The summed E-state index contributed by atoms with van der Waals surface area (Å²) in [5.41, 5.74) is 1.93. The van der Waals surface area contributed by atoms with Crippen LogP contribution in [-0.2, 0) is 16.0 Å². The van der Waals surface area contributed by atoms with Crippen molar-refractivity contribution in [3.05, 3.63) is 29.3 Å². The van der Waals surface area contributed by atoms with Crippen LogP contribution in [0.3, 0.4) is 0 Å². The van der Waals surface area contributed by atoms with Gasteiger partial charge in [-0.15, -0.1) is 0 Å². The first-order valence-corrected chi connectivity index (χ1v) is 7.07. The first-order chi connectivity index (χ1) is 9.93. The van der Waals surface area contributed by atoms with Crippen molar-refractivity contribution in [2.45, 2.75) is 33.1 Å². The molecule has 0 fully saturated rings. The van der Waals surface area contributed by atoms with Crippen molar-refractivity contribution in [1.82, 2.24) is 5.32 Å². The Morgan fingerprint density at radius 2 is 2.10 bits per heavy atom. The number of hydrogen-bond donors (Lipinski definition) is 2. The van der Waals surface area contributed by atoms with Crippen LogP contribution in [0.25, 0.3) is 0 Å². The van der Waals surface area contributed by atoms with Gasteiger partial charge in [0, 0.05) is 12.1 Å². The second-order valence-electron chi connectivity index (χ2n) is 5.22. The lowest BCUT2D eigenvalue weighted by atomic mass is 10.1. The number of ether oxygens (including phenoxy) is 1. The number of nitrogens with one attached hydrogen (secondary N) is 1. The van der Waals surface area contributed by atoms with Crippen molar-refractivity contribution in [3.8, 4) is 5.75 Å². The topological polar surface area (TPSA) is 75.6 Å². The Kier molecular flexibility index (Phi) is 6.72. The number of benzene rings is 1. The summed E-state index contributed by atoms with van der Waals surface area (Å²) in [4.78, 5) is 22.6. The van der Waals surface area contributed by atoms with Gasteiger partial charge in [0.25, 0.3) is 0 Å². The molecule has 0 aromatic heterocycles. The van der Waals surface area contributed by atoms with Crippen LogP contribution in [0, 0.1) is 12.8 Å². The molecule has 1 amide bonds. The zero-order valence-corrected chi connectivity index (χ0v) is 12.8. The fraction of sp³-hybridized carbons (Fsp3) is 0.500. The highest BCUT2D eigenvalue weighted by atomic mass is 16.5. The van der Waals surface area contributed by atoms with E-state index in [1.807, 2.05) is 25.1 Å². The van der Waals surface area contributed by atoms with Crippen LogP contribution in [0.1, 0.15) is 30.9 Å². The molecule has 0 heterocycles. The van der Waals surface area contributed by atoms with E-state index in [0.717, 1.165) is 11.1 Å². The molecule has 0 aliphatic carbocycles. The molecule has 0 radical (unpaired) electrons. The van der Waals surface area contributed by atoms with E-state index >= 15 is 0 Å². The highest BCUT2D eigenvalue weighted by Gasteiger charge is 2.11. The molecular weight excluding hydrogens is 270 g/mol. The van der Waals surface area contributed by atoms with Crippen molar-refractivity contribution >= 4 is 11.9 Å². The Morgan fingerprint density at radius 3 is 2.71 bits per heavy atom. The number of methoxy groups -OCH3 is 1. The fourth-order valence-corrected chi connectivity index (χ4v) is 2.04. The van der Waals surface area contributed by atoms with Gasteiger partial charge < -0.3 is 15.2 Å². The average Bonchev–Trinajstić information content (AvgIpc) is 2.43. The summed E-state index contributed by atoms with van der Waals surface area (Å²) in [5, 5.41) is 11.6. The van der Waals surface area contributed by atoms with E-state index in [9.17, 15) is 9.59 Å². The van der Waals surface area contributed by atoms with E-state index in [0.29, 0.717) is 25.1 Å². The maximum Gasteiger partial charge on any atom is 0.306 e. The first-order valence-electron chi connectivity index (χ1n) is 7.07. The van der Waals surface area contributed by atoms with Crippen LogP contribution in [0.5, 0.6) is 5.75 Å². The summed E-state index contributed by atoms with van der Waals surface area (Å²) in [6.07, 6.45) is 1.48. The number of carboxylic acids is 1. The molecule has 2 N–H and O–H groups in total. The number of amides is 1. The number of aryl methyl sites for hydroxylation is 1. The normalized spacial score (nSPS) is 11.8. The number of aliphatic carboxylic acids is 1. The smallest absolute Gasteiger partial charge is 0.306 e. The largest absolute Gasteiger partial charge is 0.496 e. The molecule has 1 unspecified atom stereocenters. The predicted molar refractivity (Wildman–Crippen MR) is 80.5 cm³/mol. The third kappa shape index (κ3) is 5.85. The highest BCUT2D eigenvalue weighted by molar-refractivity contribution is 5.79. The van der Waals surface area contributed by atoms with Crippen molar-refractivity contribution in [2.24, 2.45) is 5.92 Å². The molecule has 0 bridgehead atoms. The zero-order chi connectivity index (χ0) is 15.8. The van der Waals surface area contributed by atoms with Crippen LogP contribution >= 0.6 is 0 Å². The van der Waals surface area contributed by atoms with Gasteiger partial charge in [-0.1, -0.05) is 24.6 Å². The molecule has 21 heavy (non-hydrogen) atoms. The van der Waals surface area contributed by atoms with Crippen molar-refractivity contribution in [2.75, 3.05) is 13.7 Å². The quantitative estimate of drug-likeness (QED) is 0.720. The molecule has 0 saturated heterocycles. The van der Waals surface area contributed by atoms with Crippen molar-refractivity contribution in [3.63, 3.8) is 0 Å². The minimum absolute atomic E-state index is 0.0816. The fourth-order valence-electron chi connectivity index (χ4n) is 2.04. The lowest BCUT2D eigenvalue weighted by molar-refractivity contribution is -0.141. The molecule has 0 aliphatic rings. The zero-order valence-electron chi connectivity index (χ0n) is 12.8. The predicted octanol–water partition coefficient (Wildman–Crippen LogP) is 2.16. The first kappa shape index (κ1) is 17.0. The van der Waals surface area contributed by atoms with Gasteiger partial charge in [-0.2, -0.15) is 0 Å². The van der Waals surface area contributed by atoms with Crippen molar-refractivity contribution in [1.29, 1.82) is 0 Å². The van der Waals surface area contributed by atoms with Gasteiger partial charge in [0.2, 0.25) is 5.91 Å². The Hall–Kier alpha value is -2.04. The molecule has 0 saturated carbocycles. The Labute approximate surface area is 125 Å². The minimum Gasteiger partial charge on any atom is -0.496 e. The van der Waals surface area contributed by atoms with E-state index in [4.69, 9.17) is 9.84 Å². The molecule has 1 aromatic rings. The van der Waals surface area contributed by atoms with Crippen molar-refractivity contribution < 1.29 is 19.4 Å². The van der Waals surface area contributed by atoms with Gasteiger partial charge in [-0.3, -0.25) is 9.59 Å². The average molecular weight is 293 g/mol. The lowest BCUT2D eigenvalue weighted by Gasteiger charge is -2.10. The second-order valence-corrected chi connectivity index (χ2v) is 5.22. The molecule has 0 spiro atoms. The summed E-state index contributed by atoms with van der Waals surface area (Å²) in [5.74, 6) is -0.554. The number of carbonyl (C=O) groups is 2. The minimum atomic E-state index is -0.800. The molecule has 5 nitrogen and oxygen atoms in total. The van der Waals surface area contributed by atoms with Gasteiger partial charge in [0.05, 0.1) is 19.4 Å². The number of hydrogen-bond acceptors (Lipinski definition) is 3. The Morgan fingerprint density at radius 1 is 1.38 bits per heavy atom. The molecule has 116 valence electrons. The summed E-state index contributed by atoms with van der Waals surface area (Å²) in [7, 11) is 1.58. The van der Waals surface area contributed by atoms with Gasteiger partial charge in [-0.25, -0.2) is 0 Å². The highest BCUT2D eigenvalue weighted by Crippen LogP contribution is 2.20. The van der Waals surface area contributed by atoms with E-state index in [2.05, 4.69) is 5.32 Å². The molecular formula is C16H23NO4. The van der Waals surface area contributed by atoms with Gasteiger partial charge >= 0.3 is 5.97 Å². The molecule has 1 aromatic carbocycles. The second kappa shape index (κ2) is 8.29. The molecule has 5 heteroatoms. The molecule has 1 atom stereocenters. The third-order valence-electron chi connectivity index (χ3n) is 3.34. The summed E-state index contributed by atoms with van der Waals surface area (Å²) < 4.78 is 5.24. The third-order valence-corrected chi connectivity index (χ3v) is 3.34. The maximum absolute atomic E-state index is 11.9. The summed E-state index contributed by atoms with van der Waals surface area (Å²) in [6, 6.07) is 5.73. The van der Waals surface area contributed by atoms with Crippen LogP contribution in [0.4, 0.5) is 0 Å². The van der Waals surface area contributed by atoms with Crippen LogP contribution < -0.4 is 10.1 Å². The summed E-state index contributed by atoms with van der Waals surface area (Å²) in [6.45, 7) is 4.13. The molecule has 1 rings (SSSR count). The van der Waals surface area contributed by atoms with E-state index in [-0.39, 0.29) is 18.2 Å². The van der Waals surface area contributed by atoms with Gasteiger partial charge in [-0.05, 0) is 25.8 Å². The Bertz CT molecular complexity index is 499. The maximum atomic E-state index is 11.9. The van der Waals surface area contributed by atoms with Crippen LogP contribution in [0.15, 0.2) is 18.2 Å². The number of carbonyl (C=O) groups excluding carboxylic acids is 1. The lowest BCUT2D eigenvalue weighted by Crippen LogP contribution is -2.27. The monoisotopic (exact) mass is 293 g/mol. The molecule has 0 aliphatic heterocycles. The van der Waals surface area contributed by atoms with E-state index in [1.54, 1.807) is 14.0 Å². The van der Waals surface area contributed by atoms with Gasteiger partial charge in [0.1, 0.15) is 5.75 Å². The Balaban J connectivity index is 2.40.